The van der Waals surface area contributed by atoms with Crippen LogP contribution in [0.3, 0.4) is 0 Å². The summed E-state index contributed by atoms with van der Waals surface area (Å²) in [6, 6.07) is 3.22. The van der Waals surface area contributed by atoms with Crippen LogP contribution in [0.4, 0.5) is 0 Å². The molecule has 0 aliphatic carbocycles. The van der Waals surface area contributed by atoms with E-state index in [1.54, 1.807) is 0 Å². The fourth-order valence-corrected chi connectivity index (χ4v) is 2.90. The minimum absolute atomic E-state index is 0.207. The summed E-state index contributed by atoms with van der Waals surface area (Å²) >= 11 is 3.47. The van der Waals surface area contributed by atoms with Crippen molar-refractivity contribution >= 4 is 21.9 Å². The molecule has 0 fully saturated rings. The Morgan fingerprint density at radius 3 is 2.80 bits per heavy atom. The molecule has 6 nitrogen and oxygen atoms in total. The second-order valence-electron chi connectivity index (χ2n) is 4.29. The molecule has 20 heavy (non-hydrogen) atoms. The number of benzene rings is 1. The highest BCUT2D eigenvalue weighted by atomic mass is 79.9. The molecule has 7 heteroatoms. The van der Waals surface area contributed by atoms with E-state index >= 15 is 0 Å². The second kappa shape index (κ2) is 4.82. The van der Waals surface area contributed by atoms with Crippen LogP contribution < -0.4 is 9.47 Å². The van der Waals surface area contributed by atoms with Crippen LogP contribution in [0.15, 0.2) is 21.1 Å². The largest absolute Gasteiger partial charge is 0.486 e. The van der Waals surface area contributed by atoms with Crippen LogP contribution in [0.1, 0.15) is 16.1 Å². The summed E-state index contributed by atoms with van der Waals surface area (Å²) < 4.78 is 16.6. The van der Waals surface area contributed by atoms with Crippen molar-refractivity contribution in [2.75, 3.05) is 13.2 Å². The maximum Gasteiger partial charge on any atom is 0.374 e. The monoisotopic (exact) mass is 339 g/mol. The third kappa shape index (κ3) is 2.03. The van der Waals surface area contributed by atoms with E-state index in [1.807, 2.05) is 13.0 Å². The topological polar surface area (TPSA) is 81.8 Å². The Hall–Kier alpha value is -2.02. The van der Waals surface area contributed by atoms with Crippen LogP contribution >= 0.6 is 15.9 Å². The highest BCUT2D eigenvalue weighted by molar-refractivity contribution is 9.10. The first-order valence-corrected chi connectivity index (χ1v) is 6.66. The number of hydrogen-bond acceptors (Lipinski definition) is 5. The van der Waals surface area contributed by atoms with Gasteiger partial charge in [-0.05, 0) is 34.5 Å². The van der Waals surface area contributed by atoms with Crippen LogP contribution in [-0.2, 0) is 0 Å². The number of nitrogens with zero attached hydrogens (tertiary/aromatic N) is 1. The molecule has 1 aromatic heterocycles. The Labute approximate surface area is 122 Å². The van der Waals surface area contributed by atoms with Gasteiger partial charge in [0.05, 0.1) is 4.47 Å². The van der Waals surface area contributed by atoms with E-state index in [1.165, 1.54) is 6.07 Å². The van der Waals surface area contributed by atoms with Gasteiger partial charge in [-0.3, -0.25) is 0 Å². The number of ether oxygens (including phenoxy) is 2. The lowest BCUT2D eigenvalue weighted by atomic mass is 10.0. The molecule has 3 rings (SSSR count). The fraction of sp³-hybridized carbons (Fsp3) is 0.231. The van der Waals surface area contributed by atoms with Gasteiger partial charge < -0.3 is 19.1 Å². The lowest BCUT2D eigenvalue weighted by Gasteiger charge is -2.21. The maximum atomic E-state index is 10.9. The van der Waals surface area contributed by atoms with Gasteiger partial charge in [0, 0.05) is 11.6 Å². The molecule has 1 N–H and O–H groups in total. The zero-order chi connectivity index (χ0) is 14.3. The summed E-state index contributed by atoms with van der Waals surface area (Å²) in [5.41, 5.74) is 2.04. The van der Waals surface area contributed by atoms with E-state index in [0.717, 1.165) is 11.1 Å². The van der Waals surface area contributed by atoms with Gasteiger partial charge >= 0.3 is 5.97 Å². The first kappa shape index (κ1) is 13.0. The molecule has 2 aromatic rings. The summed E-state index contributed by atoms with van der Waals surface area (Å²) in [6.45, 7) is 2.85. The number of aromatic carboxylic acids is 1. The average Bonchev–Trinajstić information content (AvgIpc) is 2.88. The number of aromatic nitrogens is 1. The van der Waals surface area contributed by atoms with E-state index in [2.05, 4.69) is 21.1 Å². The molecule has 0 bridgehead atoms. The van der Waals surface area contributed by atoms with E-state index < -0.39 is 5.97 Å². The van der Waals surface area contributed by atoms with Crippen molar-refractivity contribution in [3.8, 4) is 22.8 Å². The van der Waals surface area contributed by atoms with Crippen molar-refractivity contribution in [1.82, 2.24) is 5.16 Å². The number of carboxylic acid groups (broad SMARTS) is 1. The normalized spacial score (nSPS) is 13.3. The Kier molecular flexibility index (Phi) is 3.13. The summed E-state index contributed by atoms with van der Waals surface area (Å²) in [7, 11) is 0. The average molecular weight is 340 g/mol. The number of halogens is 1. The van der Waals surface area contributed by atoms with Crippen molar-refractivity contribution in [3.05, 3.63) is 27.9 Å². The molecule has 0 amide bonds. The Morgan fingerprint density at radius 1 is 1.35 bits per heavy atom. The first-order chi connectivity index (χ1) is 9.58. The van der Waals surface area contributed by atoms with Gasteiger partial charge in [0.1, 0.15) is 18.9 Å². The number of carbonyl (C=O) groups is 1. The lowest BCUT2D eigenvalue weighted by Crippen LogP contribution is -2.16. The molecule has 0 saturated heterocycles. The van der Waals surface area contributed by atoms with Crippen LogP contribution in [0.5, 0.6) is 11.5 Å². The molecule has 1 aliphatic heterocycles. The molecule has 1 aliphatic rings. The molecular formula is C13H10BrNO5. The smallest absolute Gasteiger partial charge is 0.374 e. The molecule has 0 unspecified atom stereocenters. The molecule has 1 aromatic carbocycles. The lowest BCUT2D eigenvalue weighted by molar-refractivity contribution is 0.0652. The van der Waals surface area contributed by atoms with Gasteiger partial charge in [0.2, 0.25) is 5.76 Å². The molecule has 104 valence electrons. The van der Waals surface area contributed by atoms with Gasteiger partial charge in [-0.15, -0.1) is 0 Å². The summed E-state index contributed by atoms with van der Waals surface area (Å²) in [4.78, 5) is 10.9. The van der Waals surface area contributed by atoms with E-state index in [9.17, 15) is 4.79 Å². The zero-order valence-electron chi connectivity index (χ0n) is 10.5. The van der Waals surface area contributed by atoms with Crippen LogP contribution in [0.25, 0.3) is 11.3 Å². The van der Waals surface area contributed by atoms with Crippen molar-refractivity contribution in [2.45, 2.75) is 6.92 Å². The van der Waals surface area contributed by atoms with E-state index in [4.69, 9.17) is 19.1 Å². The number of hydrogen-bond donors (Lipinski definition) is 1. The van der Waals surface area contributed by atoms with Crippen LogP contribution in [0.2, 0.25) is 0 Å². The van der Waals surface area contributed by atoms with Gasteiger partial charge in [0.15, 0.2) is 11.5 Å². The minimum atomic E-state index is -1.16. The quantitative estimate of drug-likeness (QED) is 0.905. The molecule has 0 atom stereocenters. The zero-order valence-corrected chi connectivity index (χ0v) is 12.1. The molecule has 0 saturated carbocycles. The highest BCUT2D eigenvalue weighted by Crippen LogP contribution is 2.45. The summed E-state index contributed by atoms with van der Waals surface area (Å²) in [6.07, 6.45) is 0. The number of carboxylic acids is 1. The molecule has 2 heterocycles. The van der Waals surface area contributed by atoms with Gasteiger partial charge in [-0.25, -0.2) is 4.79 Å². The third-order valence-electron chi connectivity index (χ3n) is 2.95. The Morgan fingerprint density at radius 2 is 2.10 bits per heavy atom. The number of aryl methyl sites for hydroxylation is 1. The van der Waals surface area contributed by atoms with Crippen molar-refractivity contribution < 1.29 is 23.9 Å². The maximum absolute atomic E-state index is 10.9. The van der Waals surface area contributed by atoms with Crippen molar-refractivity contribution in [1.29, 1.82) is 0 Å². The van der Waals surface area contributed by atoms with E-state index in [-0.39, 0.29) is 5.76 Å². The molecular weight excluding hydrogens is 330 g/mol. The van der Waals surface area contributed by atoms with Gasteiger partial charge in [0.25, 0.3) is 0 Å². The van der Waals surface area contributed by atoms with Gasteiger partial charge in [-0.1, -0.05) is 5.16 Å². The Bertz CT molecular complexity index is 694. The standard InChI is InChI=1S/C13H10BrNO5/c1-6-4-8-12(19-3-2-18-8)11(14)10(6)7-5-9(13(16)17)20-15-7/h4-5H,2-3H2,1H3,(H,16,17). The predicted octanol–water partition coefficient (Wildman–Crippen LogP) is 2.88. The SMILES string of the molecule is Cc1cc2c(c(Br)c1-c1cc(C(=O)O)on1)OCCO2. The van der Waals surface area contributed by atoms with E-state index in [0.29, 0.717) is 34.9 Å². The first-order valence-electron chi connectivity index (χ1n) is 5.87. The molecule has 0 spiro atoms. The van der Waals surface area contributed by atoms with Crippen LogP contribution in [-0.4, -0.2) is 29.4 Å². The molecule has 0 radical (unpaired) electrons. The van der Waals surface area contributed by atoms with Gasteiger partial charge in [-0.2, -0.15) is 0 Å². The highest BCUT2D eigenvalue weighted by Gasteiger charge is 2.23. The Balaban J connectivity index is 2.15. The minimum Gasteiger partial charge on any atom is -0.486 e. The summed E-state index contributed by atoms with van der Waals surface area (Å²) in [5.74, 6) is -0.112. The third-order valence-corrected chi connectivity index (χ3v) is 3.71. The van der Waals surface area contributed by atoms with Crippen LogP contribution in [0, 0.1) is 6.92 Å². The van der Waals surface area contributed by atoms with Crippen molar-refractivity contribution in [2.24, 2.45) is 0 Å². The number of fused-ring (bicyclic) bond motifs is 1. The predicted molar refractivity (Wildman–Crippen MR) is 72.3 cm³/mol. The fourth-order valence-electron chi connectivity index (χ4n) is 2.07. The van der Waals surface area contributed by atoms with Crippen molar-refractivity contribution in [3.63, 3.8) is 0 Å². The second-order valence-corrected chi connectivity index (χ2v) is 5.08. The number of rotatable bonds is 2. The summed E-state index contributed by atoms with van der Waals surface area (Å²) in [5, 5.41) is 12.7.